The molecule has 1 aliphatic rings. The smallest absolute Gasteiger partial charge is 0.224 e. The van der Waals surface area contributed by atoms with Crippen molar-refractivity contribution in [2.45, 2.75) is 52.4 Å². The van der Waals surface area contributed by atoms with E-state index in [1.54, 1.807) is 0 Å². The van der Waals surface area contributed by atoms with Crippen LogP contribution in [0.15, 0.2) is 18.2 Å². The van der Waals surface area contributed by atoms with E-state index in [9.17, 15) is 4.79 Å². The Morgan fingerprint density at radius 2 is 2.05 bits per heavy atom. The minimum absolute atomic E-state index is 0.142. The highest BCUT2D eigenvalue weighted by Crippen LogP contribution is 2.28. The number of hydrogen-bond donors (Lipinski definition) is 2. The van der Waals surface area contributed by atoms with Crippen molar-refractivity contribution in [3.63, 3.8) is 0 Å². The maximum atomic E-state index is 12.2. The monoisotopic (exact) mass is 288 g/mol. The zero-order valence-corrected chi connectivity index (χ0v) is 13.7. The molecule has 1 atom stereocenters. The normalized spacial score (nSPS) is 18.5. The van der Waals surface area contributed by atoms with Crippen LogP contribution >= 0.6 is 0 Å². The van der Waals surface area contributed by atoms with Crippen molar-refractivity contribution in [3.05, 3.63) is 29.3 Å². The molecule has 2 N–H and O–H groups in total. The third-order valence-electron chi connectivity index (χ3n) is 4.27. The fourth-order valence-electron chi connectivity index (χ4n) is 2.88. The Kier molecular flexibility index (Phi) is 5.40. The van der Waals surface area contributed by atoms with Gasteiger partial charge in [-0.1, -0.05) is 39.8 Å². The van der Waals surface area contributed by atoms with Crippen molar-refractivity contribution in [2.75, 3.05) is 18.4 Å². The van der Waals surface area contributed by atoms with Crippen LogP contribution < -0.4 is 10.6 Å². The zero-order valence-electron chi connectivity index (χ0n) is 13.7. The Balaban J connectivity index is 2.09. The topological polar surface area (TPSA) is 41.1 Å². The minimum Gasteiger partial charge on any atom is -0.326 e. The van der Waals surface area contributed by atoms with Crippen molar-refractivity contribution >= 4 is 11.6 Å². The molecule has 0 radical (unpaired) electrons. The lowest BCUT2D eigenvalue weighted by atomic mass is 9.94. The number of anilines is 1. The summed E-state index contributed by atoms with van der Waals surface area (Å²) in [6, 6.07) is 6.43. The fourth-order valence-corrected chi connectivity index (χ4v) is 2.88. The van der Waals surface area contributed by atoms with Gasteiger partial charge in [0, 0.05) is 12.1 Å². The molecular formula is C18H28N2O. The van der Waals surface area contributed by atoms with Crippen molar-refractivity contribution in [2.24, 2.45) is 5.92 Å². The molecule has 3 heteroatoms. The molecular weight excluding hydrogens is 260 g/mol. The van der Waals surface area contributed by atoms with Crippen molar-refractivity contribution < 1.29 is 4.79 Å². The van der Waals surface area contributed by atoms with E-state index in [1.807, 2.05) is 0 Å². The number of hydrogen-bond acceptors (Lipinski definition) is 2. The molecule has 0 spiro atoms. The quantitative estimate of drug-likeness (QED) is 0.863. The Labute approximate surface area is 128 Å². The van der Waals surface area contributed by atoms with E-state index in [4.69, 9.17) is 0 Å². The van der Waals surface area contributed by atoms with Gasteiger partial charge in [-0.15, -0.1) is 0 Å². The standard InChI is InChI=1S/C18H28N2O/c1-12(2)15-5-6-17(16(10-15)13(3)4)20-18(21)9-14-7-8-19-11-14/h5-6,10,12-14,19H,7-9,11H2,1-4H3,(H,20,21). The third kappa shape index (κ3) is 4.31. The summed E-state index contributed by atoms with van der Waals surface area (Å²) in [6.45, 7) is 10.8. The van der Waals surface area contributed by atoms with Gasteiger partial charge in [-0.05, 0) is 54.5 Å². The predicted octanol–water partition coefficient (Wildman–Crippen LogP) is 3.87. The molecule has 116 valence electrons. The van der Waals surface area contributed by atoms with Crippen LogP contribution in [0.2, 0.25) is 0 Å². The summed E-state index contributed by atoms with van der Waals surface area (Å²) in [4.78, 5) is 12.2. The molecule has 0 bridgehead atoms. The first kappa shape index (κ1) is 16.0. The highest BCUT2D eigenvalue weighted by atomic mass is 16.1. The lowest BCUT2D eigenvalue weighted by Crippen LogP contribution is -2.19. The average Bonchev–Trinajstić information content (AvgIpc) is 2.91. The van der Waals surface area contributed by atoms with Gasteiger partial charge in [0.1, 0.15) is 0 Å². The molecule has 1 fully saturated rings. The Morgan fingerprint density at radius 3 is 2.62 bits per heavy atom. The van der Waals surface area contributed by atoms with Crippen LogP contribution in [0.4, 0.5) is 5.69 Å². The van der Waals surface area contributed by atoms with Gasteiger partial charge in [-0.25, -0.2) is 0 Å². The summed E-state index contributed by atoms with van der Waals surface area (Å²) < 4.78 is 0. The van der Waals surface area contributed by atoms with E-state index in [0.29, 0.717) is 24.2 Å². The first-order chi connectivity index (χ1) is 9.97. The number of carbonyl (C=O) groups is 1. The summed E-state index contributed by atoms with van der Waals surface area (Å²) in [5.74, 6) is 1.55. The minimum atomic E-state index is 0.142. The SMILES string of the molecule is CC(C)c1ccc(NC(=O)CC2CCNC2)c(C(C)C)c1. The average molecular weight is 288 g/mol. The zero-order chi connectivity index (χ0) is 15.4. The lowest BCUT2D eigenvalue weighted by Gasteiger charge is -2.17. The first-order valence-electron chi connectivity index (χ1n) is 8.11. The van der Waals surface area contributed by atoms with Gasteiger partial charge >= 0.3 is 0 Å². The fraction of sp³-hybridized carbons (Fsp3) is 0.611. The number of rotatable bonds is 5. The van der Waals surface area contributed by atoms with Crippen molar-refractivity contribution in [1.29, 1.82) is 0 Å². The largest absolute Gasteiger partial charge is 0.326 e. The first-order valence-corrected chi connectivity index (χ1v) is 8.11. The highest BCUT2D eigenvalue weighted by Gasteiger charge is 2.19. The van der Waals surface area contributed by atoms with Gasteiger partial charge in [-0.2, -0.15) is 0 Å². The Hall–Kier alpha value is -1.35. The molecule has 1 unspecified atom stereocenters. The maximum Gasteiger partial charge on any atom is 0.224 e. The number of amides is 1. The molecule has 0 aliphatic carbocycles. The van der Waals surface area contributed by atoms with Gasteiger partial charge in [0.15, 0.2) is 0 Å². The molecule has 21 heavy (non-hydrogen) atoms. The van der Waals surface area contributed by atoms with Crippen LogP contribution in [0.3, 0.4) is 0 Å². The molecule has 1 aromatic carbocycles. The summed E-state index contributed by atoms with van der Waals surface area (Å²) >= 11 is 0. The van der Waals surface area contributed by atoms with E-state index < -0.39 is 0 Å². The third-order valence-corrected chi connectivity index (χ3v) is 4.27. The molecule has 1 amide bonds. The van der Waals surface area contributed by atoms with E-state index >= 15 is 0 Å². The molecule has 1 heterocycles. The molecule has 1 aromatic rings. The predicted molar refractivity (Wildman–Crippen MR) is 88.8 cm³/mol. The van der Waals surface area contributed by atoms with Crippen molar-refractivity contribution in [1.82, 2.24) is 5.32 Å². The van der Waals surface area contributed by atoms with Gasteiger partial charge in [-0.3, -0.25) is 4.79 Å². The Morgan fingerprint density at radius 1 is 1.29 bits per heavy atom. The number of nitrogens with one attached hydrogen (secondary N) is 2. The summed E-state index contributed by atoms with van der Waals surface area (Å²) in [5, 5.41) is 6.43. The van der Waals surface area contributed by atoms with Gasteiger partial charge < -0.3 is 10.6 Å². The van der Waals surface area contributed by atoms with E-state index in [-0.39, 0.29) is 5.91 Å². The second-order valence-corrected chi connectivity index (χ2v) is 6.77. The van der Waals surface area contributed by atoms with Gasteiger partial charge in [0.05, 0.1) is 0 Å². The summed E-state index contributed by atoms with van der Waals surface area (Å²) in [7, 11) is 0. The van der Waals surface area contributed by atoms with Crippen LogP contribution in [-0.4, -0.2) is 19.0 Å². The Bertz CT molecular complexity index is 488. The maximum absolute atomic E-state index is 12.2. The van der Waals surface area contributed by atoms with Crippen molar-refractivity contribution in [3.8, 4) is 0 Å². The molecule has 0 saturated carbocycles. The number of carbonyl (C=O) groups excluding carboxylic acids is 1. The summed E-state index contributed by atoms with van der Waals surface area (Å²) in [6.07, 6.45) is 1.73. The van der Waals surface area contributed by atoms with Crippen LogP contribution in [0.5, 0.6) is 0 Å². The number of benzene rings is 1. The van der Waals surface area contributed by atoms with E-state index in [2.05, 4.69) is 56.5 Å². The van der Waals surface area contributed by atoms with Gasteiger partial charge in [0.25, 0.3) is 0 Å². The molecule has 1 aliphatic heterocycles. The van der Waals surface area contributed by atoms with E-state index in [1.165, 1.54) is 11.1 Å². The van der Waals surface area contributed by atoms with Crippen LogP contribution in [0.25, 0.3) is 0 Å². The van der Waals surface area contributed by atoms with Crippen LogP contribution in [-0.2, 0) is 4.79 Å². The molecule has 0 aromatic heterocycles. The molecule has 3 nitrogen and oxygen atoms in total. The highest BCUT2D eigenvalue weighted by molar-refractivity contribution is 5.91. The van der Waals surface area contributed by atoms with Gasteiger partial charge in [0.2, 0.25) is 5.91 Å². The second kappa shape index (κ2) is 7.08. The lowest BCUT2D eigenvalue weighted by molar-refractivity contribution is -0.116. The van der Waals surface area contributed by atoms with E-state index in [0.717, 1.165) is 25.2 Å². The molecule has 2 rings (SSSR count). The molecule has 1 saturated heterocycles. The summed E-state index contributed by atoms with van der Waals surface area (Å²) in [5.41, 5.74) is 3.54. The second-order valence-electron chi connectivity index (χ2n) is 6.77. The van der Waals surface area contributed by atoms with Crippen LogP contribution in [0, 0.1) is 5.92 Å². The van der Waals surface area contributed by atoms with Crippen LogP contribution in [0.1, 0.15) is 63.5 Å².